The van der Waals surface area contributed by atoms with Gasteiger partial charge < -0.3 is 10.0 Å². The second-order valence-electron chi connectivity index (χ2n) is 5.25. The Morgan fingerprint density at radius 3 is 2.41 bits per heavy atom. The number of nitrogens with zero attached hydrogens (tertiary/aromatic N) is 1. The van der Waals surface area contributed by atoms with Gasteiger partial charge in [-0.3, -0.25) is 0 Å². The van der Waals surface area contributed by atoms with Gasteiger partial charge in [0.05, 0.1) is 5.56 Å². The lowest BCUT2D eigenvalue weighted by atomic mass is 9.77. The highest BCUT2D eigenvalue weighted by molar-refractivity contribution is 5.87. The maximum absolute atomic E-state index is 11.0. The van der Waals surface area contributed by atoms with Crippen molar-refractivity contribution in [1.82, 2.24) is 4.90 Å². The van der Waals surface area contributed by atoms with Crippen LogP contribution in [-0.4, -0.2) is 36.1 Å². The van der Waals surface area contributed by atoms with Crippen molar-refractivity contribution >= 4 is 5.97 Å². The fraction of sp³-hybridized carbons (Fsp3) is 0.500. The highest BCUT2D eigenvalue weighted by atomic mass is 16.4. The highest BCUT2D eigenvalue weighted by Crippen LogP contribution is 2.29. The van der Waals surface area contributed by atoms with Gasteiger partial charge >= 0.3 is 5.97 Å². The summed E-state index contributed by atoms with van der Waals surface area (Å²) in [6.07, 6.45) is 0. The Morgan fingerprint density at radius 1 is 1.35 bits per heavy atom. The smallest absolute Gasteiger partial charge is 0.335 e. The van der Waals surface area contributed by atoms with Gasteiger partial charge in [-0.1, -0.05) is 26.0 Å². The van der Waals surface area contributed by atoms with E-state index in [4.69, 9.17) is 5.11 Å². The van der Waals surface area contributed by atoms with E-state index in [-0.39, 0.29) is 5.41 Å². The monoisotopic (exact) mass is 235 g/mol. The topological polar surface area (TPSA) is 40.5 Å². The van der Waals surface area contributed by atoms with Crippen molar-refractivity contribution in [2.75, 3.05) is 14.1 Å². The first-order valence-electron chi connectivity index (χ1n) is 5.77. The molecule has 0 saturated heterocycles. The van der Waals surface area contributed by atoms with Crippen molar-refractivity contribution in [3.05, 3.63) is 35.4 Å². The molecule has 0 aliphatic heterocycles. The van der Waals surface area contributed by atoms with E-state index in [1.54, 1.807) is 12.1 Å². The molecule has 1 N–H and O–H groups in total. The Kier molecular flexibility index (Phi) is 3.94. The lowest BCUT2D eigenvalue weighted by Crippen LogP contribution is -2.41. The maximum atomic E-state index is 11.0. The summed E-state index contributed by atoms with van der Waals surface area (Å²) in [4.78, 5) is 13.1. The van der Waals surface area contributed by atoms with Crippen LogP contribution >= 0.6 is 0 Å². The largest absolute Gasteiger partial charge is 0.478 e. The number of benzene rings is 1. The molecular weight excluding hydrogens is 214 g/mol. The lowest BCUT2D eigenvalue weighted by Gasteiger charge is -2.37. The Bertz CT molecular complexity index is 410. The molecule has 1 aromatic carbocycles. The van der Waals surface area contributed by atoms with Gasteiger partial charge in [0.25, 0.3) is 0 Å². The van der Waals surface area contributed by atoms with Gasteiger partial charge in [-0.05, 0) is 38.7 Å². The van der Waals surface area contributed by atoms with Crippen LogP contribution in [0.4, 0.5) is 0 Å². The summed E-state index contributed by atoms with van der Waals surface area (Å²) >= 11 is 0. The molecular formula is C14H21NO2. The number of carboxylic acids is 1. The summed E-state index contributed by atoms with van der Waals surface area (Å²) in [6, 6.07) is 7.52. The number of carbonyl (C=O) groups is 1. The normalized spacial score (nSPS) is 13.8. The molecule has 1 unspecified atom stereocenters. The first-order chi connectivity index (χ1) is 7.76. The van der Waals surface area contributed by atoms with Crippen LogP contribution in [0.25, 0.3) is 0 Å². The molecule has 1 aromatic rings. The van der Waals surface area contributed by atoms with E-state index in [0.29, 0.717) is 11.6 Å². The predicted molar refractivity (Wildman–Crippen MR) is 69.6 cm³/mol. The average molecular weight is 235 g/mol. The standard InChI is InChI=1S/C14H21NO2/c1-10(15(4)5)14(2,3)12-8-6-7-11(9-12)13(16)17/h6-10H,1-5H3,(H,16,17). The van der Waals surface area contributed by atoms with Gasteiger partial charge in [-0.25, -0.2) is 4.79 Å². The Balaban J connectivity index is 3.14. The quantitative estimate of drug-likeness (QED) is 0.872. The van der Waals surface area contributed by atoms with Crippen LogP contribution in [0.2, 0.25) is 0 Å². The Hall–Kier alpha value is -1.35. The van der Waals surface area contributed by atoms with Gasteiger partial charge in [0.2, 0.25) is 0 Å². The second kappa shape index (κ2) is 4.88. The van der Waals surface area contributed by atoms with Crippen LogP contribution in [0.3, 0.4) is 0 Å². The van der Waals surface area contributed by atoms with E-state index in [9.17, 15) is 4.79 Å². The van der Waals surface area contributed by atoms with Crippen LogP contribution in [0.5, 0.6) is 0 Å². The molecule has 94 valence electrons. The van der Waals surface area contributed by atoms with E-state index in [1.807, 2.05) is 26.2 Å². The molecule has 0 aromatic heterocycles. The third-order valence-electron chi connectivity index (χ3n) is 3.67. The van der Waals surface area contributed by atoms with Crippen LogP contribution in [-0.2, 0) is 5.41 Å². The van der Waals surface area contributed by atoms with Crippen LogP contribution < -0.4 is 0 Å². The van der Waals surface area contributed by atoms with Crippen molar-refractivity contribution in [3.8, 4) is 0 Å². The summed E-state index contributed by atoms with van der Waals surface area (Å²) in [5, 5.41) is 9.01. The van der Waals surface area contributed by atoms with Gasteiger partial charge in [-0.15, -0.1) is 0 Å². The van der Waals surface area contributed by atoms with E-state index >= 15 is 0 Å². The van der Waals surface area contributed by atoms with E-state index in [2.05, 4.69) is 25.7 Å². The van der Waals surface area contributed by atoms with Crippen molar-refractivity contribution in [3.63, 3.8) is 0 Å². The molecule has 0 amide bonds. The third-order valence-corrected chi connectivity index (χ3v) is 3.67. The molecule has 3 nitrogen and oxygen atoms in total. The molecule has 0 fully saturated rings. The van der Waals surface area contributed by atoms with Gasteiger partial charge in [0.1, 0.15) is 0 Å². The molecule has 0 radical (unpaired) electrons. The summed E-state index contributed by atoms with van der Waals surface area (Å²) < 4.78 is 0. The molecule has 17 heavy (non-hydrogen) atoms. The number of likely N-dealkylation sites (N-methyl/N-ethyl adjacent to an activating group) is 1. The number of carboxylic acid groups (broad SMARTS) is 1. The summed E-state index contributed by atoms with van der Waals surface area (Å²) in [5.74, 6) is -0.875. The minimum absolute atomic E-state index is 0.0883. The molecule has 1 rings (SSSR count). The zero-order valence-corrected chi connectivity index (χ0v) is 11.2. The lowest BCUT2D eigenvalue weighted by molar-refractivity contribution is 0.0696. The minimum atomic E-state index is -0.875. The predicted octanol–water partition coefficient (Wildman–Crippen LogP) is 2.61. The van der Waals surface area contributed by atoms with Crippen LogP contribution in [0.15, 0.2) is 24.3 Å². The maximum Gasteiger partial charge on any atom is 0.335 e. The summed E-state index contributed by atoms with van der Waals surface area (Å²) in [6.45, 7) is 6.42. The Morgan fingerprint density at radius 2 is 1.94 bits per heavy atom. The molecule has 0 aliphatic carbocycles. The summed E-state index contributed by atoms with van der Waals surface area (Å²) in [7, 11) is 4.07. The van der Waals surface area contributed by atoms with Crippen molar-refractivity contribution in [1.29, 1.82) is 0 Å². The second-order valence-corrected chi connectivity index (χ2v) is 5.25. The van der Waals surface area contributed by atoms with Gasteiger partial charge in [0, 0.05) is 11.5 Å². The zero-order chi connectivity index (χ0) is 13.2. The van der Waals surface area contributed by atoms with Crippen LogP contribution in [0.1, 0.15) is 36.7 Å². The zero-order valence-electron chi connectivity index (χ0n) is 11.2. The molecule has 0 bridgehead atoms. The molecule has 0 heterocycles. The summed E-state index contributed by atoms with van der Waals surface area (Å²) in [5.41, 5.74) is 1.31. The number of hydrogen-bond donors (Lipinski definition) is 1. The molecule has 1 atom stereocenters. The first kappa shape index (κ1) is 13.7. The van der Waals surface area contributed by atoms with E-state index in [0.717, 1.165) is 5.56 Å². The van der Waals surface area contributed by atoms with Crippen molar-refractivity contribution < 1.29 is 9.90 Å². The molecule has 3 heteroatoms. The van der Waals surface area contributed by atoms with Gasteiger partial charge in [0.15, 0.2) is 0 Å². The number of aromatic carboxylic acids is 1. The third kappa shape index (κ3) is 2.86. The van der Waals surface area contributed by atoms with Gasteiger partial charge in [-0.2, -0.15) is 0 Å². The molecule has 0 spiro atoms. The fourth-order valence-corrected chi connectivity index (χ4v) is 1.94. The highest BCUT2D eigenvalue weighted by Gasteiger charge is 2.29. The van der Waals surface area contributed by atoms with E-state index in [1.165, 1.54) is 0 Å². The van der Waals surface area contributed by atoms with Crippen LogP contribution in [0, 0.1) is 0 Å². The van der Waals surface area contributed by atoms with Crippen molar-refractivity contribution in [2.24, 2.45) is 0 Å². The molecule has 0 saturated carbocycles. The SMILES string of the molecule is CC(N(C)C)C(C)(C)c1cccc(C(=O)O)c1. The number of rotatable bonds is 4. The average Bonchev–Trinajstić information content (AvgIpc) is 2.28. The van der Waals surface area contributed by atoms with E-state index < -0.39 is 5.97 Å². The van der Waals surface area contributed by atoms with Crippen molar-refractivity contribution in [2.45, 2.75) is 32.2 Å². The first-order valence-corrected chi connectivity index (χ1v) is 5.77. The number of hydrogen-bond acceptors (Lipinski definition) is 2. The minimum Gasteiger partial charge on any atom is -0.478 e. The fourth-order valence-electron chi connectivity index (χ4n) is 1.94. The molecule has 0 aliphatic rings. The Labute approximate surface area is 103 Å².